The van der Waals surface area contributed by atoms with Gasteiger partial charge in [-0.1, -0.05) is 0 Å². The molecule has 0 radical (unpaired) electrons. The lowest BCUT2D eigenvalue weighted by atomic mass is 10.0. The van der Waals surface area contributed by atoms with Crippen LogP contribution in [0, 0.1) is 34.3 Å². The first-order valence-electron chi connectivity index (χ1n) is 11.4. The number of hydrogen-bond donors (Lipinski definition) is 0. The summed E-state index contributed by atoms with van der Waals surface area (Å²) in [5.41, 5.74) is 1.10. The van der Waals surface area contributed by atoms with Crippen molar-refractivity contribution in [3.63, 3.8) is 0 Å². The van der Waals surface area contributed by atoms with Gasteiger partial charge in [0, 0.05) is 45.9 Å². The van der Waals surface area contributed by atoms with Crippen molar-refractivity contribution in [2.45, 2.75) is 12.5 Å². The predicted molar refractivity (Wildman–Crippen MR) is 127 cm³/mol. The molecule has 186 valence electrons. The molecule has 0 aliphatic carbocycles. The van der Waals surface area contributed by atoms with Gasteiger partial charge in [0.15, 0.2) is 5.82 Å². The van der Waals surface area contributed by atoms with Crippen LogP contribution in [0.1, 0.15) is 29.2 Å². The van der Waals surface area contributed by atoms with Gasteiger partial charge < -0.3 is 9.80 Å². The van der Waals surface area contributed by atoms with Crippen LogP contribution in [-0.4, -0.2) is 68.1 Å². The molecule has 2 aliphatic rings. The monoisotopic (exact) mass is 502 g/mol. The largest absolute Gasteiger partial charge is 0.341 e. The van der Waals surface area contributed by atoms with Crippen molar-refractivity contribution >= 4 is 18.2 Å². The lowest BCUT2D eigenvalue weighted by Gasteiger charge is -2.37. The van der Waals surface area contributed by atoms with Crippen LogP contribution in [0.2, 0.25) is 0 Å². The van der Waals surface area contributed by atoms with Crippen LogP contribution < -0.4 is 4.90 Å². The molecular formula is C24H20F2N10O. The number of nitriles is 2. The summed E-state index contributed by atoms with van der Waals surface area (Å²) in [6.45, 7) is 1.42. The lowest BCUT2D eigenvalue weighted by molar-refractivity contribution is 0.139. The van der Waals surface area contributed by atoms with Gasteiger partial charge >= 0.3 is 6.03 Å². The SMILES string of the molecule is Cn1ncc(C#N)c1-c1nc(N2CCN(C(=O)N3N=CCC3c3cc(F)cc(C#N)c3)CC2)ncc1F. The minimum Gasteiger partial charge on any atom is -0.337 e. The third kappa shape index (κ3) is 4.43. The molecule has 37 heavy (non-hydrogen) atoms. The summed E-state index contributed by atoms with van der Waals surface area (Å²) in [4.78, 5) is 25.2. The van der Waals surface area contributed by atoms with Crippen molar-refractivity contribution in [1.82, 2.24) is 29.7 Å². The van der Waals surface area contributed by atoms with E-state index < -0.39 is 17.7 Å². The van der Waals surface area contributed by atoms with Gasteiger partial charge in [0.25, 0.3) is 0 Å². The fourth-order valence-corrected chi connectivity index (χ4v) is 4.46. The number of benzene rings is 1. The third-order valence-corrected chi connectivity index (χ3v) is 6.31. The van der Waals surface area contributed by atoms with E-state index in [9.17, 15) is 18.8 Å². The quantitative estimate of drug-likeness (QED) is 0.538. The van der Waals surface area contributed by atoms with Crippen LogP contribution in [0.5, 0.6) is 0 Å². The van der Waals surface area contributed by atoms with Gasteiger partial charge in [0.05, 0.1) is 35.6 Å². The van der Waals surface area contributed by atoms with E-state index in [2.05, 4.69) is 20.2 Å². The Morgan fingerprint density at radius 2 is 1.86 bits per heavy atom. The molecule has 1 saturated heterocycles. The standard InChI is InChI=1S/C24H20F2N10O/c1-33-22(17(12-28)13-31-33)21-19(26)14-29-23(32-21)34-4-6-35(7-5-34)24(37)36-20(2-3-30-36)16-8-15(11-27)9-18(25)10-16/h3,8-10,13-14,20H,2,4-7H2,1H3. The highest BCUT2D eigenvalue weighted by atomic mass is 19.1. The van der Waals surface area contributed by atoms with E-state index in [-0.39, 0.29) is 34.5 Å². The molecular weight excluding hydrogens is 482 g/mol. The number of rotatable bonds is 3. The number of piperazine rings is 1. The Bertz CT molecular complexity index is 1480. The van der Waals surface area contributed by atoms with Crippen LogP contribution in [0.15, 0.2) is 35.7 Å². The Kier molecular flexibility index (Phi) is 6.19. The third-order valence-electron chi connectivity index (χ3n) is 6.31. The van der Waals surface area contributed by atoms with Crippen molar-refractivity contribution in [1.29, 1.82) is 10.5 Å². The Morgan fingerprint density at radius 3 is 2.59 bits per heavy atom. The number of hydrazone groups is 1. The van der Waals surface area contributed by atoms with Gasteiger partial charge in [-0.2, -0.15) is 20.7 Å². The van der Waals surface area contributed by atoms with Crippen LogP contribution in [0.4, 0.5) is 19.5 Å². The molecule has 0 saturated carbocycles. The maximum atomic E-state index is 14.6. The van der Waals surface area contributed by atoms with Crippen molar-refractivity contribution in [2.75, 3.05) is 31.1 Å². The molecule has 2 aliphatic heterocycles. The van der Waals surface area contributed by atoms with E-state index >= 15 is 0 Å². The van der Waals surface area contributed by atoms with E-state index in [1.807, 2.05) is 17.0 Å². The minimum atomic E-state index is -0.674. The number of aromatic nitrogens is 4. The second kappa shape index (κ2) is 9.62. The minimum absolute atomic E-state index is 0.0267. The number of carbonyl (C=O) groups excluding carboxylic acids is 1. The zero-order valence-electron chi connectivity index (χ0n) is 19.7. The van der Waals surface area contributed by atoms with Gasteiger partial charge in [-0.25, -0.2) is 28.6 Å². The van der Waals surface area contributed by atoms with Crippen LogP contribution >= 0.6 is 0 Å². The highest BCUT2D eigenvalue weighted by Crippen LogP contribution is 2.31. The second-order valence-electron chi connectivity index (χ2n) is 8.54. The molecule has 3 aromatic rings. The first kappa shape index (κ1) is 23.8. The number of urea groups is 1. The molecule has 11 nitrogen and oxygen atoms in total. The fraction of sp³-hybridized carbons (Fsp3) is 0.292. The average Bonchev–Trinajstić information content (AvgIpc) is 3.55. The van der Waals surface area contributed by atoms with Crippen molar-refractivity contribution in [3.05, 3.63) is 58.9 Å². The van der Waals surface area contributed by atoms with Crippen LogP contribution in [-0.2, 0) is 7.05 Å². The average molecular weight is 502 g/mol. The molecule has 1 unspecified atom stereocenters. The molecule has 1 fully saturated rings. The van der Waals surface area contributed by atoms with Gasteiger partial charge in [-0.05, 0) is 23.8 Å². The van der Waals surface area contributed by atoms with E-state index in [0.29, 0.717) is 38.2 Å². The van der Waals surface area contributed by atoms with Gasteiger partial charge in [0.2, 0.25) is 5.95 Å². The number of anilines is 1. The zero-order chi connectivity index (χ0) is 26.1. The number of hydrogen-bond acceptors (Lipinski definition) is 8. The molecule has 0 bridgehead atoms. The molecule has 0 spiro atoms. The fourth-order valence-electron chi connectivity index (χ4n) is 4.46. The topological polar surface area (TPSA) is 130 Å². The van der Waals surface area contributed by atoms with Crippen molar-refractivity contribution in [2.24, 2.45) is 12.1 Å². The summed E-state index contributed by atoms with van der Waals surface area (Å²) < 4.78 is 30.0. The molecule has 5 rings (SSSR count). The Hall–Kier alpha value is -4.91. The van der Waals surface area contributed by atoms with Crippen molar-refractivity contribution < 1.29 is 13.6 Å². The summed E-state index contributed by atoms with van der Waals surface area (Å²) in [6.07, 6.45) is 4.41. The van der Waals surface area contributed by atoms with E-state index in [1.165, 1.54) is 22.0 Å². The summed E-state index contributed by atoms with van der Waals surface area (Å²) in [6, 6.07) is 7.08. The van der Waals surface area contributed by atoms with Crippen molar-refractivity contribution in [3.8, 4) is 23.5 Å². The number of halogens is 2. The van der Waals surface area contributed by atoms with Gasteiger partial charge in [0.1, 0.15) is 23.3 Å². The van der Waals surface area contributed by atoms with Crippen LogP contribution in [0.3, 0.4) is 0 Å². The maximum absolute atomic E-state index is 14.6. The molecule has 1 atom stereocenters. The molecule has 4 heterocycles. The van der Waals surface area contributed by atoms with Gasteiger partial charge in [-0.15, -0.1) is 0 Å². The van der Waals surface area contributed by atoms with Gasteiger partial charge in [-0.3, -0.25) is 4.68 Å². The maximum Gasteiger partial charge on any atom is 0.341 e. The molecule has 2 amide bonds. The second-order valence-corrected chi connectivity index (χ2v) is 8.54. The predicted octanol–water partition coefficient (Wildman–Crippen LogP) is 2.57. The highest BCUT2D eigenvalue weighted by Gasteiger charge is 2.34. The van der Waals surface area contributed by atoms with E-state index in [0.717, 1.165) is 12.3 Å². The first-order valence-corrected chi connectivity index (χ1v) is 11.4. The Balaban J connectivity index is 1.30. The smallest absolute Gasteiger partial charge is 0.337 e. The zero-order valence-corrected chi connectivity index (χ0v) is 19.7. The number of carbonyl (C=O) groups is 1. The number of aryl methyl sites for hydroxylation is 1. The molecule has 1 aromatic carbocycles. The summed E-state index contributed by atoms with van der Waals surface area (Å²) in [5, 5.41) is 28.0. The molecule has 13 heteroatoms. The van der Waals surface area contributed by atoms with E-state index in [4.69, 9.17) is 5.26 Å². The van der Waals surface area contributed by atoms with Crippen LogP contribution in [0.25, 0.3) is 11.4 Å². The lowest BCUT2D eigenvalue weighted by Crippen LogP contribution is -2.52. The highest BCUT2D eigenvalue weighted by molar-refractivity contribution is 5.79. The molecule has 2 aromatic heterocycles. The summed E-state index contributed by atoms with van der Waals surface area (Å²) in [5.74, 6) is -0.949. The normalized spacial score (nSPS) is 17.1. The summed E-state index contributed by atoms with van der Waals surface area (Å²) in [7, 11) is 1.60. The van der Waals surface area contributed by atoms with E-state index in [1.54, 1.807) is 24.2 Å². The molecule has 0 N–H and O–H groups in total. The first-order chi connectivity index (χ1) is 17.9. The summed E-state index contributed by atoms with van der Waals surface area (Å²) >= 11 is 0. The Morgan fingerprint density at radius 1 is 1.08 bits per heavy atom. The number of nitrogens with zero attached hydrogens (tertiary/aromatic N) is 10. The number of amides is 2. The Labute approximate surface area is 210 Å².